The summed E-state index contributed by atoms with van der Waals surface area (Å²) in [4.78, 5) is 4.90. The maximum atomic E-state index is 6.32. The van der Waals surface area contributed by atoms with Crippen LogP contribution in [0.4, 0.5) is 0 Å². The molecule has 4 heteroatoms. The van der Waals surface area contributed by atoms with Crippen LogP contribution in [0.1, 0.15) is 30.9 Å². The van der Waals surface area contributed by atoms with Crippen molar-refractivity contribution in [2.24, 2.45) is 5.73 Å². The number of hydrogen-bond acceptors (Lipinski definition) is 3. The zero-order chi connectivity index (χ0) is 14.5. The summed E-state index contributed by atoms with van der Waals surface area (Å²) in [5, 5.41) is 0. The predicted molar refractivity (Wildman–Crippen MR) is 88.8 cm³/mol. The topological polar surface area (TPSA) is 32.5 Å². The number of rotatable bonds is 6. The number of hydrogen-bond donors (Lipinski definition) is 1. The van der Waals surface area contributed by atoms with Gasteiger partial charge in [-0.15, -0.1) is 0 Å². The van der Waals surface area contributed by atoms with Crippen LogP contribution in [-0.4, -0.2) is 49.6 Å². The van der Waals surface area contributed by atoms with Gasteiger partial charge in [0.2, 0.25) is 0 Å². The van der Waals surface area contributed by atoms with E-state index in [9.17, 15) is 0 Å². The highest BCUT2D eigenvalue weighted by molar-refractivity contribution is 9.10. The molecule has 0 bridgehead atoms. The van der Waals surface area contributed by atoms with E-state index in [1.54, 1.807) is 0 Å². The van der Waals surface area contributed by atoms with Crippen molar-refractivity contribution < 1.29 is 0 Å². The lowest BCUT2D eigenvalue weighted by molar-refractivity contribution is 0.202. The second-order valence-corrected chi connectivity index (χ2v) is 6.96. The van der Waals surface area contributed by atoms with Crippen molar-refractivity contribution in [2.75, 3.05) is 33.7 Å². The number of nitrogens with zero attached hydrogens (tertiary/aromatic N) is 2. The van der Waals surface area contributed by atoms with Crippen molar-refractivity contribution in [3.8, 4) is 0 Å². The minimum atomic E-state index is 0.142. The van der Waals surface area contributed by atoms with Gasteiger partial charge in [0.05, 0.1) is 0 Å². The highest BCUT2D eigenvalue weighted by atomic mass is 79.9. The van der Waals surface area contributed by atoms with Crippen molar-refractivity contribution in [1.29, 1.82) is 0 Å². The smallest absolute Gasteiger partial charge is 0.0307 e. The first kappa shape index (κ1) is 16.0. The zero-order valence-corrected chi connectivity index (χ0v) is 14.1. The molecule has 0 saturated carbocycles. The van der Waals surface area contributed by atoms with Crippen LogP contribution in [0.3, 0.4) is 0 Å². The molecule has 1 aliphatic rings. The van der Waals surface area contributed by atoms with Gasteiger partial charge in [0.15, 0.2) is 0 Å². The normalized spacial score (nSPS) is 21.6. The summed E-state index contributed by atoms with van der Waals surface area (Å²) in [5.41, 5.74) is 7.55. The van der Waals surface area contributed by atoms with Crippen LogP contribution in [0, 0.1) is 0 Å². The predicted octanol–water partition coefficient (Wildman–Crippen LogP) is 2.87. The Kier molecular flexibility index (Phi) is 6.02. The van der Waals surface area contributed by atoms with Gasteiger partial charge >= 0.3 is 0 Å². The van der Waals surface area contributed by atoms with Gasteiger partial charge in [0.25, 0.3) is 0 Å². The first-order valence-electron chi connectivity index (χ1n) is 7.46. The Labute approximate surface area is 131 Å². The van der Waals surface area contributed by atoms with Crippen LogP contribution in [0.2, 0.25) is 0 Å². The van der Waals surface area contributed by atoms with Gasteiger partial charge in [-0.1, -0.05) is 28.1 Å². The van der Waals surface area contributed by atoms with Gasteiger partial charge in [0.1, 0.15) is 0 Å². The Balaban J connectivity index is 1.83. The van der Waals surface area contributed by atoms with E-state index in [0.717, 1.165) is 24.0 Å². The zero-order valence-electron chi connectivity index (χ0n) is 12.6. The molecule has 2 unspecified atom stereocenters. The lowest BCUT2D eigenvalue weighted by Gasteiger charge is -2.28. The fourth-order valence-corrected chi connectivity index (χ4v) is 3.26. The second-order valence-electron chi connectivity index (χ2n) is 6.04. The largest absolute Gasteiger partial charge is 0.324 e. The van der Waals surface area contributed by atoms with Crippen LogP contribution >= 0.6 is 15.9 Å². The molecule has 2 N–H and O–H groups in total. The highest BCUT2D eigenvalue weighted by Crippen LogP contribution is 2.22. The van der Waals surface area contributed by atoms with E-state index in [4.69, 9.17) is 5.73 Å². The number of likely N-dealkylation sites (tertiary alicyclic amines) is 1. The van der Waals surface area contributed by atoms with Crippen LogP contribution < -0.4 is 5.73 Å². The number of benzene rings is 1. The van der Waals surface area contributed by atoms with Gasteiger partial charge in [-0.3, -0.25) is 4.90 Å². The molecule has 2 atom stereocenters. The summed E-state index contributed by atoms with van der Waals surface area (Å²) in [7, 11) is 4.31. The molecule has 1 heterocycles. The number of nitrogens with two attached hydrogens (primary N) is 1. The minimum Gasteiger partial charge on any atom is -0.324 e. The lowest BCUT2D eigenvalue weighted by Crippen LogP contribution is -2.38. The summed E-state index contributed by atoms with van der Waals surface area (Å²) in [6.07, 6.45) is 3.68. The molecule has 1 fully saturated rings. The first-order valence-corrected chi connectivity index (χ1v) is 8.25. The molecule has 1 aromatic rings. The summed E-state index contributed by atoms with van der Waals surface area (Å²) in [5.74, 6) is 0. The molecule has 2 rings (SSSR count). The molecule has 1 saturated heterocycles. The first-order chi connectivity index (χ1) is 9.56. The average molecular weight is 340 g/mol. The van der Waals surface area contributed by atoms with Crippen molar-refractivity contribution in [3.05, 3.63) is 34.3 Å². The van der Waals surface area contributed by atoms with E-state index >= 15 is 0 Å². The number of likely N-dealkylation sites (N-methyl/N-ethyl adjacent to an activating group) is 1. The molecule has 0 amide bonds. The summed E-state index contributed by atoms with van der Waals surface area (Å²) >= 11 is 3.46. The lowest BCUT2D eigenvalue weighted by atomic mass is 10.0. The van der Waals surface area contributed by atoms with Crippen LogP contribution in [0.5, 0.6) is 0 Å². The van der Waals surface area contributed by atoms with Crippen molar-refractivity contribution in [1.82, 2.24) is 9.80 Å². The Morgan fingerprint density at radius 1 is 1.35 bits per heavy atom. The molecule has 0 radical (unpaired) electrons. The molecule has 112 valence electrons. The average Bonchev–Trinajstić information content (AvgIpc) is 2.83. The van der Waals surface area contributed by atoms with E-state index in [0.29, 0.717) is 6.04 Å². The van der Waals surface area contributed by atoms with Crippen LogP contribution in [0.25, 0.3) is 0 Å². The Morgan fingerprint density at radius 2 is 2.05 bits per heavy atom. The van der Waals surface area contributed by atoms with E-state index < -0.39 is 0 Å². The van der Waals surface area contributed by atoms with E-state index in [-0.39, 0.29) is 6.04 Å². The van der Waals surface area contributed by atoms with Crippen molar-refractivity contribution >= 4 is 15.9 Å². The summed E-state index contributed by atoms with van der Waals surface area (Å²) in [6, 6.07) is 9.23. The van der Waals surface area contributed by atoms with Gasteiger partial charge < -0.3 is 10.6 Å². The van der Waals surface area contributed by atoms with Crippen molar-refractivity contribution in [2.45, 2.75) is 31.3 Å². The van der Waals surface area contributed by atoms with Crippen LogP contribution in [0.15, 0.2) is 28.7 Å². The highest BCUT2D eigenvalue weighted by Gasteiger charge is 2.24. The minimum absolute atomic E-state index is 0.142. The summed E-state index contributed by atoms with van der Waals surface area (Å²) < 4.78 is 1.11. The maximum absolute atomic E-state index is 6.32. The monoisotopic (exact) mass is 339 g/mol. The third kappa shape index (κ3) is 4.55. The summed E-state index contributed by atoms with van der Waals surface area (Å²) in [6.45, 7) is 3.49. The maximum Gasteiger partial charge on any atom is 0.0307 e. The van der Waals surface area contributed by atoms with Gasteiger partial charge in [-0.05, 0) is 57.6 Å². The molecule has 1 aromatic carbocycles. The van der Waals surface area contributed by atoms with Crippen molar-refractivity contribution in [3.63, 3.8) is 0 Å². The molecule has 3 nitrogen and oxygen atoms in total. The molecule has 1 aliphatic heterocycles. The fourth-order valence-electron chi connectivity index (χ4n) is 3.00. The molecule has 0 spiro atoms. The molecule has 20 heavy (non-hydrogen) atoms. The third-order valence-corrected chi connectivity index (χ3v) is 4.63. The molecule has 0 aliphatic carbocycles. The molecular formula is C16H26BrN3. The van der Waals surface area contributed by atoms with E-state index in [2.05, 4.69) is 64.1 Å². The SMILES string of the molecule is CN(C)CC1CCCN1CCC(N)c1ccc(Br)cc1. The van der Waals surface area contributed by atoms with Gasteiger partial charge in [-0.25, -0.2) is 0 Å². The number of halogens is 1. The quantitative estimate of drug-likeness (QED) is 0.864. The Morgan fingerprint density at radius 3 is 2.70 bits per heavy atom. The van der Waals surface area contributed by atoms with Crippen LogP contribution in [-0.2, 0) is 0 Å². The second kappa shape index (κ2) is 7.55. The Bertz CT molecular complexity index is 405. The fraction of sp³-hybridized carbons (Fsp3) is 0.625. The van der Waals surface area contributed by atoms with E-state index in [1.807, 2.05) is 0 Å². The van der Waals surface area contributed by atoms with Gasteiger partial charge in [-0.2, -0.15) is 0 Å². The standard InChI is InChI=1S/C16H26BrN3/c1-19(2)12-15-4-3-10-20(15)11-9-16(18)13-5-7-14(17)8-6-13/h5-8,15-16H,3-4,9-12,18H2,1-2H3. The molecule has 0 aromatic heterocycles. The molecular weight excluding hydrogens is 314 g/mol. The van der Waals surface area contributed by atoms with E-state index in [1.165, 1.54) is 24.9 Å². The Hall–Kier alpha value is -0.420. The van der Waals surface area contributed by atoms with Gasteiger partial charge in [0, 0.05) is 29.6 Å². The third-order valence-electron chi connectivity index (χ3n) is 4.10.